The second kappa shape index (κ2) is 11.8. The molecule has 0 saturated heterocycles. The molecule has 2 aromatic rings. The molecule has 0 aliphatic heterocycles. The minimum Gasteiger partial charge on any atom is -0.511 e. The molecule has 2 aromatic carbocycles. The fraction of sp³-hybridized carbons (Fsp3) is 0.419. The summed E-state index contributed by atoms with van der Waals surface area (Å²) in [7, 11) is 0. The number of allylic oxidation sites excluding steroid dienone is 2. The highest BCUT2D eigenvalue weighted by Gasteiger charge is 2.34. The number of hydrogen-bond donors (Lipinski definition) is 3. The molecule has 2 aliphatic rings. The lowest BCUT2D eigenvalue weighted by Gasteiger charge is -2.29. The highest BCUT2D eigenvalue weighted by atomic mass is 16.5. The number of unbranched alkanes of at least 4 members (excludes halogenated alkanes) is 1. The average Bonchev–Trinajstić information content (AvgIpc) is 3.19. The Balaban J connectivity index is 1.26. The summed E-state index contributed by atoms with van der Waals surface area (Å²) >= 11 is 0. The number of carbonyl (C=O) groups excluding carboxylic acids is 2. The average molecular weight is 533 g/mol. The molecule has 8 heteroatoms. The number of carboxylic acid groups (broad SMARTS) is 1. The Morgan fingerprint density at radius 2 is 1.67 bits per heavy atom. The molecule has 0 aromatic heterocycles. The number of nitrogens with one attached hydrogen (secondary N) is 1. The minimum atomic E-state index is -1.13. The van der Waals surface area contributed by atoms with Crippen molar-refractivity contribution in [1.29, 1.82) is 0 Å². The zero-order valence-corrected chi connectivity index (χ0v) is 22.7. The van der Waals surface area contributed by atoms with E-state index in [2.05, 4.69) is 10.3 Å². The van der Waals surface area contributed by atoms with Crippen LogP contribution >= 0.6 is 0 Å². The Hall–Kier alpha value is -3.94. The van der Waals surface area contributed by atoms with E-state index in [1.807, 2.05) is 62.4 Å². The summed E-state index contributed by atoms with van der Waals surface area (Å²) in [5, 5.41) is 22.4. The molecule has 4 rings (SSSR count). The second-order valence-corrected chi connectivity index (χ2v) is 11.1. The number of aliphatic imine (C=N–C) groups is 1. The van der Waals surface area contributed by atoms with Crippen molar-refractivity contribution in [2.45, 2.75) is 64.8 Å². The summed E-state index contributed by atoms with van der Waals surface area (Å²) in [4.78, 5) is 41.2. The lowest BCUT2D eigenvalue weighted by atomic mass is 9.76. The lowest BCUT2D eigenvalue weighted by Crippen LogP contribution is -2.41. The summed E-state index contributed by atoms with van der Waals surface area (Å²) in [5.41, 5.74) is 4.93. The van der Waals surface area contributed by atoms with Crippen LogP contribution < -0.4 is 5.32 Å². The number of alkyl carbamates (subject to hydrolysis) is 1. The number of ether oxygens (including phenoxy) is 1. The van der Waals surface area contributed by atoms with Crippen LogP contribution in [0.15, 0.2) is 64.9 Å². The predicted octanol–water partition coefficient (Wildman–Crippen LogP) is 5.81. The van der Waals surface area contributed by atoms with Crippen molar-refractivity contribution in [3.8, 4) is 11.1 Å². The van der Waals surface area contributed by atoms with Gasteiger partial charge < -0.3 is 20.3 Å². The number of aliphatic carboxylic acids is 1. The Morgan fingerprint density at radius 3 is 2.26 bits per heavy atom. The molecule has 2 aliphatic carbocycles. The molecule has 3 N–H and O–H groups in total. The van der Waals surface area contributed by atoms with Crippen molar-refractivity contribution < 1.29 is 29.3 Å². The first-order valence-electron chi connectivity index (χ1n) is 13.4. The Bertz CT molecular complexity index is 1280. The van der Waals surface area contributed by atoms with Gasteiger partial charge in [-0.25, -0.2) is 9.59 Å². The molecule has 0 heterocycles. The second-order valence-electron chi connectivity index (χ2n) is 11.1. The van der Waals surface area contributed by atoms with Gasteiger partial charge in [0.1, 0.15) is 18.4 Å². The molecule has 0 spiro atoms. The van der Waals surface area contributed by atoms with Gasteiger partial charge in [-0.1, -0.05) is 62.4 Å². The number of Topliss-reactive ketones (excluding diaryl/α,β-unsaturated/α-hetero) is 1. The number of amides is 1. The molecule has 0 radical (unpaired) electrons. The molecule has 0 fully saturated rings. The van der Waals surface area contributed by atoms with E-state index in [0.29, 0.717) is 43.5 Å². The highest BCUT2D eigenvalue weighted by molar-refractivity contribution is 6.22. The van der Waals surface area contributed by atoms with Gasteiger partial charge in [-0.05, 0) is 53.9 Å². The molecule has 8 nitrogen and oxygen atoms in total. The maximum atomic E-state index is 12.5. The van der Waals surface area contributed by atoms with Gasteiger partial charge in [0.15, 0.2) is 5.78 Å². The van der Waals surface area contributed by atoms with Crippen LogP contribution in [0, 0.1) is 5.41 Å². The van der Waals surface area contributed by atoms with Crippen molar-refractivity contribution in [3.05, 3.63) is 71.0 Å². The van der Waals surface area contributed by atoms with E-state index in [0.717, 1.165) is 22.3 Å². The largest absolute Gasteiger partial charge is 0.511 e. The van der Waals surface area contributed by atoms with Crippen LogP contribution in [0.1, 0.15) is 69.9 Å². The maximum absolute atomic E-state index is 12.5. The van der Waals surface area contributed by atoms with E-state index in [9.17, 15) is 24.6 Å². The van der Waals surface area contributed by atoms with Crippen LogP contribution in [0.2, 0.25) is 0 Å². The standard InChI is InChI=1S/C31H36N2O6/c1-19(28-26(34)16-31(2,3)17-27(28)35)32-15-9-8-14-25(29(36)37)33-30(38)39-18-24-22-12-6-4-10-20(22)21-11-5-7-13-23(21)24/h4-7,10-13,24-25,34H,8-9,14-18H2,1-3H3,(H,33,38)(H,36,37). The minimum absolute atomic E-state index is 0.0794. The molecule has 0 bridgehead atoms. The number of benzene rings is 2. The van der Waals surface area contributed by atoms with E-state index in [1.54, 1.807) is 6.92 Å². The first-order valence-corrected chi connectivity index (χ1v) is 13.4. The summed E-state index contributed by atoms with van der Waals surface area (Å²) in [6.07, 6.45) is 1.32. The van der Waals surface area contributed by atoms with Crippen LogP contribution in [0.4, 0.5) is 4.79 Å². The van der Waals surface area contributed by atoms with Crippen LogP contribution in [0.5, 0.6) is 0 Å². The topological polar surface area (TPSA) is 125 Å². The van der Waals surface area contributed by atoms with E-state index in [1.165, 1.54) is 0 Å². The van der Waals surface area contributed by atoms with Gasteiger partial charge in [-0.2, -0.15) is 0 Å². The monoisotopic (exact) mass is 532 g/mol. The molecule has 206 valence electrons. The Morgan fingerprint density at radius 1 is 1.05 bits per heavy atom. The van der Waals surface area contributed by atoms with E-state index >= 15 is 0 Å². The van der Waals surface area contributed by atoms with Crippen LogP contribution in [0.25, 0.3) is 11.1 Å². The first kappa shape index (κ1) is 28.1. The normalized spacial score (nSPS) is 17.4. The zero-order valence-electron chi connectivity index (χ0n) is 22.7. The lowest BCUT2D eigenvalue weighted by molar-refractivity contribution is -0.139. The summed E-state index contributed by atoms with van der Waals surface area (Å²) in [5.74, 6) is -1.27. The number of nitrogens with zero attached hydrogens (tertiary/aromatic N) is 1. The number of aliphatic hydroxyl groups is 1. The smallest absolute Gasteiger partial charge is 0.407 e. The van der Waals surface area contributed by atoms with Crippen molar-refractivity contribution in [1.82, 2.24) is 5.32 Å². The van der Waals surface area contributed by atoms with Crippen molar-refractivity contribution in [2.24, 2.45) is 10.4 Å². The van der Waals surface area contributed by atoms with Crippen molar-refractivity contribution >= 4 is 23.6 Å². The fourth-order valence-corrected chi connectivity index (χ4v) is 5.52. The van der Waals surface area contributed by atoms with Crippen molar-refractivity contribution in [2.75, 3.05) is 13.2 Å². The van der Waals surface area contributed by atoms with Gasteiger partial charge in [0.05, 0.1) is 5.57 Å². The van der Waals surface area contributed by atoms with E-state index < -0.39 is 18.1 Å². The van der Waals surface area contributed by atoms with Gasteiger partial charge in [-0.15, -0.1) is 0 Å². The summed E-state index contributed by atoms with van der Waals surface area (Å²) in [6, 6.07) is 14.9. The Kier molecular flexibility index (Phi) is 8.53. The van der Waals surface area contributed by atoms with Crippen molar-refractivity contribution in [3.63, 3.8) is 0 Å². The van der Waals surface area contributed by atoms with Gasteiger partial charge in [0.2, 0.25) is 0 Å². The number of carboxylic acids is 1. The number of hydrogen-bond acceptors (Lipinski definition) is 6. The zero-order chi connectivity index (χ0) is 28.2. The van der Waals surface area contributed by atoms with Crippen LogP contribution in [0.3, 0.4) is 0 Å². The molecular formula is C31H36N2O6. The van der Waals surface area contributed by atoms with Gasteiger partial charge in [-0.3, -0.25) is 9.79 Å². The van der Waals surface area contributed by atoms with E-state index in [-0.39, 0.29) is 35.9 Å². The number of fused-ring (bicyclic) bond motifs is 3. The SMILES string of the molecule is CC(=NCCCCC(NC(=O)OCC1c2ccccc2-c2ccccc21)C(=O)O)C1=C(O)CC(C)(C)CC1=O. The first-order chi connectivity index (χ1) is 18.6. The predicted molar refractivity (Wildman–Crippen MR) is 149 cm³/mol. The molecule has 39 heavy (non-hydrogen) atoms. The fourth-order valence-electron chi connectivity index (χ4n) is 5.52. The number of rotatable bonds is 10. The number of carbonyl (C=O) groups is 3. The third-order valence-electron chi connectivity index (χ3n) is 7.40. The number of aliphatic hydroxyl groups excluding tert-OH is 1. The summed E-state index contributed by atoms with van der Waals surface area (Å²) in [6.45, 7) is 6.09. The third-order valence-corrected chi connectivity index (χ3v) is 7.40. The molecular weight excluding hydrogens is 496 g/mol. The quantitative estimate of drug-likeness (QED) is 0.262. The molecule has 0 saturated carbocycles. The highest BCUT2D eigenvalue weighted by Crippen LogP contribution is 2.44. The molecule has 1 unspecified atom stereocenters. The van der Waals surface area contributed by atoms with Gasteiger partial charge in [0, 0.05) is 31.0 Å². The number of ketones is 1. The maximum Gasteiger partial charge on any atom is 0.407 e. The molecule has 1 amide bonds. The Labute approximate surface area is 228 Å². The summed E-state index contributed by atoms with van der Waals surface area (Å²) < 4.78 is 5.49. The third kappa shape index (κ3) is 6.56. The van der Waals surface area contributed by atoms with Gasteiger partial charge in [0.25, 0.3) is 0 Å². The van der Waals surface area contributed by atoms with Crippen LogP contribution in [-0.4, -0.2) is 53.0 Å². The van der Waals surface area contributed by atoms with E-state index in [4.69, 9.17) is 4.74 Å². The molecule has 1 atom stereocenters. The van der Waals surface area contributed by atoms with Crippen LogP contribution in [-0.2, 0) is 14.3 Å². The van der Waals surface area contributed by atoms with Gasteiger partial charge >= 0.3 is 12.1 Å².